The van der Waals surface area contributed by atoms with Gasteiger partial charge in [0.25, 0.3) is 0 Å². The van der Waals surface area contributed by atoms with Crippen molar-refractivity contribution in [1.29, 1.82) is 0 Å². The zero-order valence-corrected chi connectivity index (χ0v) is 12.7. The summed E-state index contributed by atoms with van der Waals surface area (Å²) in [5.74, 6) is -1.69. The van der Waals surface area contributed by atoms with Gasteiger partial charge in [-0.25, -0.2) is 9.59 Å². The molecular formula is C13H25N3O5. The number of nitrogens with one attached hydrogen (secondary N) is 2. The van der Waals surface area contributed by atoms with Crippen LogP contribution in [-0.4, -0.2) is 48.3 Å². The van der Waals surface area contributed by atoms with Gasteiger partial charge in [-0.05, 0) is 19.3 Å². The Kier molecular flexibility index (Phi) is 9.11. The van der Waals surface area contributed by atoms with Gasteiger partial charge in [-0.3, -0.25) is 4.79 Å². The first kappa shape index (κ1) is 19.2. The second-order valence-electron chi connectivity index (χ2n) is 5.02. The minimum Gasteiger partial charge on any atom is -0.480 e. The number of hydrogen-bond acceptors (Lipinski definition) is 4. The van der Waals surface area contributed by atoms with E-state index in [0.717, 1.165) is 0 Å². The van der Waals surface area contributed by atoms with E-state index in [2.05, 4.69) is 10.6 Å². The number of carbonyl (C=O) groups is 3. The van der Waals surface area contributed by atoms with Gasteiger partial charge in [0.05, 0.1) is 12.6 Å². The third-order valence-corrected chi connectivity index (χ3v) is 2.91. The Labute approximate surface area is 124 Å². The lowest BCUT2D eigenvalue weighted by molar-refractivity contribution is -0.139. The second kappa shape index (κ2) is 9.98. The monoisotopic (exact) mass is 303 g/mol. The van der Waals surface area contributed by atoms with Crippen molar-refractivity contribution in [3.05, 3.63) is 0 Å². The molecule has 0 aromatic heterocycles. The van der Waals surface area contributed by atoms with Gasteiger partial charge in [-0.2, -0.15) is 0 Å². The SMILES string of the molecule is CCOCC(NC(=O)NC(CCC(N)=O)C(=O)O)C(C)C. The van der Waals surface area contributed by atoms with Crippen molar-refractivity contribution < 1.29 is 24.2 Å². The summed E-state index contributed by atoms with van der Waals surface area (Å²) in [6.45, 7) is 6.57. The lowest BCUT2D eigenvalue weighted by Crippen LogP contribution is -2.51. The van der Waals surface area contributed by atoms with Crippen LogP contribution in [0.5, 0.6) is 0 Å². The predicted octanol–water partition coefficient (Wildman–Crippen LogP) is 0.0654. The van der Waals surface area contributed by atoms with Gasteiger partial charge in [-0.1, -0.05) is 13.8 Å². The van der Waals surface area contributed by atoms with Crippen LogP contribution in [0.2, 0.25) is 0 Å². The fraction of sp³-hybridized carbons (Fsp3) is 0.769. The largest absolute Gasteiger partial charge is 0.480 e. The van der Waals surface area contributed by atoms with Gasteiger partial charge in [0.15, 0.2) is 0 Å². The topological polar surface area (TPSA) is 131 Å². The molecule has 0 saturated heterocycles. The molecule has 0 radical (unpaired) electrons. The number of aliphatic carboxylic acids is 1. The number of amides is 3. The number of primary amides is 1. The fourth-order valence-corrected chi connectivity index (χ4v) is 1.56. The summed E-state index contributed by atoms with van der Waals surface area (Å²) in [4.78, 5) is 33.5. The minimum absolute atomic E-state index is 0.0457. The number of rotatable bonds is 10. The molecule has 0 aromatic carbocycles. The highest BCUT2D eigenvalue weighted by atomic mass is 16.5. The van der Waals surface area contributed by atoms with Crippen molar-refractivity contribution in [2.45, 2.75) is 45.7 Å². The molecule has 0 rings (SSSR count). The van der Waals surface area contributed by atoms with Crippen molar-refractivity contribution >= 4 is 17.9 Å². The average Bonchev–Trinajstić information content (AvgIpc) is 2.38. The molecule has 21 heavy (non-hydrogen) atoms. The third-order valence-electron chi connectivity index (χ3n) is 2.91. The van der Waals surface area contributed by atoms with Crippen LogP contribution in [0.4, 0.5) is 4.79 Å². The van der Waals surface area contributed by atoms with E-state index in [1.165, 1.54) is 0 Å². The summed E-state index contributed by atoms with van der Waals surface area (Å²) in [7, 11) is 0. The van der Waals surface area contributed by atoms with Crippen molar-refractivity contribution in [1.82, 2.24) is 10.6 Å². The van der Waals surface area contributed by atoms with Gasteiger partial charge in [0.2, 0.25) is 5.91 Å². The molecule has 8 heteroatoms. The third kappa shape index (κ3) is 8.85. The lowest BCUT2D eigenvalue weighted by Gasteiger charge is -2.23. The molecule has 0 aromatic rings. The molecular weight excluding hydrogens is 278 g/mol. The molecule has 122 valence electrons. The maximum atomic E-state index is 11.8. The Morgan fingerprint density at radius 3 is 2.29 bits per heavy atom. The minimum atomic E-state index is -1.21. The van der Waals surface area contributed by atoms with Crippen LogP contribution >= 0.6 is 0 Å². The van der Waals surface area contributed by atoms with E-state index in [4.69, 9.17) is 15.6 Å². The number of ether oxygens (including phenoxy) is 1. The van der Waals surface area contributed by atoms with Crippen LogP contribution in [0.25, 0.3) is 0 Å². The van der Waals surface area contributed by atoms with Crippen LogP contribution in [0.1, 0.15) is 33.6 Å². The predicted molar refractivity (Wildman–Crippen MR) is 76.6 cm³/mol. The van der Waals surface area contributed by atoms with E-state index < -0.39 is 23.9 Å². The van der Waals surface area contributed by atoms with Gasteiger partial charge in [-0.15, -0.1) is 0 Å². The Morgan fingerprint density at radius 2 is 1.86 bits per heavy atom. The van der Waals surface area contributed by atoms with Crippen LogP contribution in [-0.2, 0) is 14.3 Å². The number of nitrogens with two attached hydrogens (primary N) is 1. The number of hydrogen-bond donors (Lipinski definition) is 4. The molecule has 0 aliphatic heterocycles. The lowest BCUT2D eigenvalue weighted by atomic mass is 10.1. The summed E-state index contributed by atoms with van der Waals surface area (Å²) >= 11 is 0. The maximum Gasteiger partial charge on any atom is 0.326 e. The smallest absolute Gasteiger partial charge is 0.326 e. The highest BCUT2D eigenvalue weighted by Crippen LogP contribution is 2.03. The molecule has 0 saturated carbocycles. The normalized spacial score (nSPS) is 13.5. The van der Waals surface area contributed by atoms with E-state index >= 15 is 0 Å². The molecule has 2 unspecified atom stereocenters. The first-order valence-corrected chi connectivity index (χ1v) is 6.93. The van der Waals surface area contributed by atoms with Crippen LogP contribution in [0.3, 0.4) is 0 Å². The maximum absolute atomic E-state index is 11.8. The molecule has 0 spiro atoms. The van der Waals surface area contributed by atoms with Gasteiger partial charge < -0.3 is 26.2 Å². The van der Waals surface area contributed by atoms with Gasteiger partial charge in [0.1, 0.15) is 6.04 Å². The highest BCUT2D eigenvalue weighted by Gasteiger charge is 2.23. The Bertz CT molecular complexity index is 360. The van der Waals surface area contributed by atoms with Crippen molar-refractivity contribution in [2.75, 3.05) is 13.2 Å². The van der Waals surface area contributed by atoms with Crippen LogP contribution in [0.15, 0.2) is 0 Å². The van der Waals surface area contributed by atoms with Crippen molar-refractivity contribution in [2.24, 2.45) is 11.7 Å². The van der Waals surface area contributed by atoms with Crippen molar-refractivity contribution in [3.8, 4) is 0 Å². The first-order chi connectivity index (χ1) is 9.77. The number of carboxylic acid groups (broad SMARTS) is 1. The molecule has 0 fully saturated rings. The van der Waals surface area contributed by atoms with E-state index in [0.29, 0.717) is 13.2 Å². The van der Waals surface area contributed by atoms with Crippen molar-refractivity contribution in [3.63, 3.8) is 0 Å². The zero-order chi connectivity index (χ0) is 16.4. The molecule has 8 nitrogen and oxygen atoms in total. The van der Waals surface area contributed by atoms with E-state index in [1.54, 1.807) is 0 Å². The fourth-order valence-electron chi connectivity index (χ4n) is 1.56. The average molecular weight is 303 g/mol. The number of carbonyl (C=O) groups excluding carboxylic acids is 2. The van der Waals surface area contributed by atoms with E-state index in [1.807, 2.05) is 20.8 Å². The first-order valence-electron chi connectivity index (χ1n) is 6.93. The quantitative estimate of drug-likeness (QED) is 0.453. The Morgan fingerprint density at radius 1 is 1.24 bits per heavy atom. The van der Waals surface area contributed by atoms with Crippen LogP contribution < -0.4 is 16.4 Å². The van der Waals surface area contributed by atoms with Crippen LogP contribution in [0, 0.1) is 5.92 Å². The molecule has 5 N–H and O–H groups in total. The Hall–Kier alpha value is -1.83. The number of urea groups is 1. The summed E-state index contributed by atoms with van der Waals surface area (Å²) in [6, 6.07) is -1.99. The van der Waals surface area contributed by atoms with E-state index in [-0.39, 0.29) is 24.8 Å². The molecule has 3 amide bonds. The van der Waals surface area contributed by atoms with Gasteiger partial charge in [0, 0.05) is 13.0 Å². The summed E-state index contributed by atoms with van der Waals surface area (Å²) in [6.07, 6.45) is -0.153. The van der Waals surface area contributed by atoms with E-state index in [9.17, 15) is 14.4 Å². The zero-order valence-electron chi connectivity index (χ0n) is 12.7. The molecule has 2 atom stereocenters. The summed E-state index contributed by atoms with van der Waals surface area (Å²) in [5.41, 5.74) is 4.97. The molecule has 0 bridgehead atoms. The molecule has 0 heterocycles. The highest BCUT2D eigenvalue weighted by molar-refractivity contribution is 5.83. The Balaban J connectivity index is 4.45. The molecule has 0 aliphatic carbocycles. The van der Waals surface area contributed by atoms with Gasteiger partial charge >= 0.3 is 12.0 Å². The summed E-state index contributed by atoms with van der Waals surface area (Å²) < 4.78 is 5.27. The number of carboxylic acids is 1. The standard InChI is InChI=1S/C13H25N3O5/c1-4-21-7-10(8(2)3)16-13(20)15-9(12(18)19)5-6-11(14)17/h8-10H,4-7H2,1-3H3,(H2,14,17)(H,18,19)(H2,15,16,20). The second-order valence-corrected chi connectivity index (χ2v) is 5.02. The summed E-state index contributed by atoms with van der Waals surface area (Å²) in [5, 5.41) is 14.0. The molecule has 0 aliphatic rings.